The number of nitrogens with zero attached hydrogens (tertiary/aromatic N) is 2. The van der Waals surface area contributed by atoms with Crippen molar-refractivity contribution >= 4 is 30.1 Å². The van der Waals surface area contributed by atoms with Gasteiger partial charge in [0.2, 0.25) is 5.88 Å². The summed E-state index contributed by atoms with van der Waals surface area (Å²) in [5, 5.41) is 19.5. The number of hydrogen-bond donors (Lipinski definition) is 3. The van der Waals surface area contributed by atoms with E-state index in [1.54, 1.807) is 12.1 Å². The van der Waals surface area contributed by atoms with E-state index >= 15 is 0 Å². The molecule has 3 N–H and O–H groups in total. The summed E-state index contributed by atoms with van der Waals surface area (Å²) in [6.07, 6.45) is 1.84. The highest BCUT2D eigenvalue weighted by Gasteiger charge is 2.15. The van der Waals surface area contributed by atoms with E-state index < -0.39 is 11.5 Å². The highest BCUT2D eigenvalue weighted by atomic mass is 32.1. The molecule has 0 radical (unpaired) electrons. The number of aromatic nitrogens is 2. The number of rotatable bonds is 5. The lowest BCUT2D eigenvalue weighted by atomic mass is 10.2. The highest BCUT2D eigenvalue weighted by Crippen LogP contribution is 2.22. The molecule has 7 nitrogen and oxygen atoms in total. The van der Waals surface area contributed by atoms with E-state index in [1.807, 2.05) is 13.8 Å². The lowest BCUT2D eigenvalue weighted by molar-refractivity contribution is 0.0698. The number of carboxylic acids is 1. The van der Waals surface area contributed by atoms with Gasteiger partial charge in [-0.1, -0.05) is 19.1 Å². The SMILES string of the molecule is CC[C@@H](C)n1c(O)c(C=Nc2ccccc2C(=O)O)c(=O)[nH]c1=S. The summed E-state index contributed by atoms with van der Waals surface area (Å²) in [7, 11) is 0. The standard InChI is InChI=1S/C16H17N3O4S/c1-3-9(2)19-14(21)11(13(20)18-16(19)24)8-17-12-7-5-4-6-10(12)15(22)23/h4-9,21H,3H2,1-2H3,(H,22,23)(H,18,20,24)/t9-/m1/s1. The minimum atomic E-state index is -1.13. The highest BCUT2D eigenvalue weighted by molar-refractivity contribution is 7.71. The molecular formula is C16H17N3O4S. The number of carbonyl (C=O) groups is 1. The monoisotopic (exact) mass is 347 g/mol. The molecule has 0 aliphatic heterocycles. The van der Waals surface area contributed by atoms with Gasteiger partial charge in [-0.2, -0.15) is 0 Å². The molecule has 24 heavy (non-hydrogen) atoms. The third-order valence-corrected chi connectivity index (χ3v) is 3.95. The number of aromatic amines is 1. The zero-order chi connectivity index (χ0) is 17.9. The zero-order valence-electron chi connectivity index (χ0n) is 13.2. The van der Waals surface area contributed by atoms with Crippen LogP contribution in [0, 0.1) is 4.77 Å². The average molecular weight is 347 g/mol. The predicted octanol–water partition coefficient (Wildman–Crippen LogP) is 3.03. The molecule has 8 heteroatoms. The van der Waals surface area contributed by atoms with E-state index in [9.17, 15) is 14.7 Å². The van der Waals surface area contributed by atoms with E-state index in [4.69, 9.17) is 17.3 Å². The predicted molar refractivity (Wildman–Crippen MR) is 93.2 cm³/mol. The normalized spacial score (nSPS) is 12.4. The van der Waals surface area contributed by atoms with Crippen LogP contribution in [0.25, 0.3) is 0 Å². The lowest BCUT2D eigenvalue weighted by Crippen LogP contribution is -2.20. The van der Waals surface area contributed by atoms with Gasteiger partial charge in [-0.05, 0) is 37.7 Å². The molecule has 0 aliphatic rings. The first kappa shape index (κ1) is 17.6. The fourth-order valence-electron chi connectivity index (χ4n) is 2.16. The smallest absolute Gasteiger partial charge is 0.337 e. The van der Waals surface area contributed by atoms with Crippen LogP contribution in [0.1, 0.15) is 42.2 Å². The summed E-state index contributed by atoms with van der Waals surface area (Å²) in [5.74, 6) is -1.42. The number of para-hydroxylation sites is 1. The topological polar surface area (TPSA) is 108 Å². The number of carboxylic acid groups (broad SMARTS) is 1. The lowest BCUT2D eigenvalue weighted by Gasteiger charge is -2.16. The fourth-order valence-corrected chi connectivity index (χ4v) is 2.52. The number of benzene rings is 1. The molecule has 0 spiro atoms. The molecule has 126 valence electrons. The van der Waals surface area contributed by atoms with E-state index in [2.05, 4.69) is 9.98 Å². The van der Waals surface area contributed by atoms with Crippen LogP contribution in [0.5, 0.6) is 5.88 Å². The van der Waals surface area contributed by atoms with Crippen LogP contribution >= 0.6 is 12.2 Å². The maximum atomic E-state index is 12.1. The van der Waals surface area contributed by atoms with Crippen molar-refractivity contribution in [2.45, 2.75) is 26.3 Å². The molecule has 1 aromatic heterocycles. The van der Waals surface area contributed by atoms with Crippen LogP contribution in [0.2, 0.25) is 0 Å². The maximum absolute atomic E-state index is 12.1. The van der Waals surface area contributed by atoms with Gasteiger partial charge >= 0.3 is 5.97 Å². The third-order valence-electron chi connectivity index (χ3n) is 3.65. The summed E-state index contributed by atoms with van der Waals surface area (Å²) in [4.78, 5) is 29.8. The second-order valence-electron chi connectivity index (χ2n) is 5.20. The number of hydrogen-bond acceptors (Lipinski definition) is 5. The summed E-state index contributed by atoms with van der Waals surface area (Å²) in [5.41, 5.74) is -0.488. The van der Waals surface area contributed by atoms with Gasteiger partial charge in [0, 0.05) is 12.3 Å². The van der Waals surface area contributed by atoms with Gasteiger partial charge in [0.25, 0.3) is 5.56 Å². The molecule has 0 saturated heterocycles. The number of H-pyrrole nitrogens is 1. The van der Waals surface area contributed by atoms with Gasteiger partial charge in [-0.15, -0.1) is 0 Å². The Morgan fingerprint density at radius 3 is 2.75 bits per heavy atom. The first-order valence-electron chi connectivity index (χ1n) is 7.31. The number of aliphatic imine (C=N–C) groups is 1. The Kier molecular flexibility index (Phi) is 5.30. The van der Waals surface area contributed by atoms with E-state index in [0.717, 1.165) is 6.21 Å². The van der Waals surface area contributed by atoms with Crippen LogP contribution in [-0.2, 0) is 0 Å². The Bertz CT molecular complexity index is 914. The Labute approximate surface area is 142 Å². The summed E-state index contributed by atoms with van der Waals surface area (Å²) < 4.78 is 1.55. The summed E-state index contributed by atoms with van der Waals surface area (Å²) in [6, 6.07) is 6.01. The Hall–Kier alpha value is -2.74. The van der Waals surface area contributed by atoms with Gasteiger partial charge < -0.3 is 10.2 Å². The first-order chi connectivity index (χ1) is 11.4. The minimum Gasteiger partial charge on any atom is -0.494 e. The fraction of sp³-hybridized carbons (Fsp3) is 0.250. The molecule has 0 fully saturated rings. The van der Waals surface area contributed by atoms with Gasteiger partial charge in [0.1, 0.15) is 5.56 Å². The van der Waals surface area contributed by atoms with Crippen LogP contribution in [0.3, 0.4) is 0 Å². The molecule has 2 aromatic rings. The van der Waals surface area contributed by atoms with E-state index in [0.29, 0.717) is 6.42 Å². The minimum absolute atomic E-state index is 0.000592. The zero-order valence-corrected chi connectivity index (χ0v) is 14.0. The van der Waals surface area contributed by atoms with Crippen molar-refractivity contribution in [3.63, 3.8) is 0 Å². The van der Waals surface area contributed by atoms with Crippen molar-refractivity contribution in [1.82, 2.24) is 9.55 Å². The van der Waals surface area contributed by atoms with Gasteiger partial charge in [0.05, 0.1) is 11.3 Å². The molecule has 2 rings (SSSR count). The van der Waals surface area contributed by atoms with Crippen LogP contribution < -0.4 is 5.56 Å². The molecule has 0 aliphatic carbocycles. The average Bonchev–Trinajstić information content (AvgIpc) is 2.54. The first-order valence-corrected chi connectivity index (χ1v) is 7.71. The van der Waals surface area contributed by atoms with Crippen molar-refractivity contribution in [3.8, 4) is 5.88 Å². The molecule has 1 atom stereocenters. The van der Waals surface area contributed by atoms with Crippen molar-refractivity contribution < 1.29 is 15.0 Å². The van der Waals surface area contributed by atoms with Crippen LogP contribution in [0.15, 0.2) is 34.1 Å². The number of nitrogens with one attached hydrogen (secondary N) is 1. The molecule has 0 unspecified atom stereocenters. The molecule has 0 saturated carbocycles. The molecule has 0 amide bonds. The Morgan fingerprint density at radius 2 is 2.12 bits per heavy atom. The molecule has 1 aromatic carbocycles. The van der Waals surface area contributed by atoms with Crippen LogP contribution in [-0.4, -0.2) is 31.9 Å². The Balaban J connectivity index is 2.57. The molecule has 1 heterocycles. The quantitative estimate of drug-likeness (QED) is 0.569. The summed E-state index contributed by atoms with van der Waals surface area (Å²) in [6.45, 7) is 3.78. The van der Waals surface area contributed by atoms with Crippen molar-refractivity contribution in [2.24, 2.45) is 4.99 Å². The Morgan fingerprint density at radius 1 is 1.46 bits per heavy atom. The van der Waals surface area contributed by atoms with E-state index in [1.165, 1.54) is 16.7 Å². The van der Waals surface area contributed by atoms with Gasteiger partial charge in [-0.25, -0.2) is 4.79 Å². The molecule has 0 bridgehead atoms. The maximum Gasteiger partial charge on any atom is 0.337 e. The molecular weight excluding hydrogens is 330 g/mol. The van der Waals surface area contributed by atoms with E-state index in [-0.39, 0.29) is 33.5 Å². The van der Waals surface area contributed by atoms with Crippen LogP contribution in [0.4, 0.5) is 5.69 Å². The van der Waals surface area contributed by atoms with Crippen molar-refractivity contribution in [2.75, 3.05) is 0 Å². The van der Waals surface area contributed by atoms with Gasteiger partial charge in [-0.3, -0.25) is 19.3 Å². The second kappa shape index (κ2) is 7.22. The van der Waals surface area contributed by atoms with Gasteiger partial charge in [0.15, 0.2) is 4.77 Å². The second-order valence-corrected chi connectivity index (χ2v) is 5.59. The third kappa shape index (κ3) is 3.43. The number of aromatic carboxylic acids is 1. The van der Waals surface area contributed by atoms with Crippen molar-refractivity contribution in [3.05, 3.63) is 50.5 Å². The van der Waals surface area contributed by atoms with Crippen molar-refractivity contribution in [1.29, 1.82) is 0 Å². The largest absolute Gasteiger partial charge is 0.494 e. The summed E-state index contributed by atoms with van der Waals surface area (Å²) >= 11 is 5.09. The number of aromatic hydroxyl groups is 1.